The minimum Gasteiger partial charge on any atom is -0.411 e. The third-order valence-electron chi connectivity index (χ3n) is 3.69. The van der Waals surface area contributed by atoms with Crippen molar-refractivity contribution in [3.05, 3.63) is 58.1 Å². The third-order valence-corrected chi connectivity index (χ3v) is 4.81. The second-order valence-corrected chi connectivity index (χ2v) is 7.35. The molecule has 0 unspecified atom stereocenters. The predicted molar refractivity (Wildman–Crippen MR) is 105 cm³/mol. The molecule has 1 N–H and O–H groups in total. The number of rotatable bonds is 5. The molecule has 0 spiro atoms. The van der Waals surface area contributed by atoms with Crippen molar-refractivity contribution in [2.45, 2.75) is 26.0 Å². The number of amides is 1. The Morgan fingerprint density at radius 1 is 1.15 bits per heavy atom. The van der Waals surface area contributed by atoms with Gasteiger partial charge in [0.25, 0.3) is 5.22 Å². The van der Waals surface area contributed by atoms with Gasteiger partial charge in [-0.25, -0.2) is 0 Å². The Kier molecular flexibility index (Phi) is 5.64. The molecule has 1 aromatic heterocycles. The quantitative estimate of drug-likeness (QED) is 0.620. The van der Waals surface area contributed by atoms with Crippen LogP contribution in [0.4, 0.5) is 5.69 Å². The van der Waals surface area contributed by atoms with Gasteiger partial charge in [0.1, 0.15) is 0 Å². The maximum absolute atomic E-state index is 12.2. The van der Waals surface area contributed by atoms with Crippen LogP contribution in [0.25, 0.3) is 11.5 Å². The van der Waals surface area contributed by atoms with Crippen molar-refractivity contribution < 1.29 is 9.21 Å². The SMILES string of the molecule is Cc1cccc(-c2nnc(SCC(=O)Nc3c(C)cc(C)cc3Cl)o2)c1. The third kappa shape index (κ3) is 4.45. The maximum Gasteiger partial charge on any atom is 0.277 e. The fourth-order valence-electron chi connectivity index (χ4n) is 2.54. The number of aryl methyl sites for hydroxylation is 3. The van der Waals surface area contributed by atoms with Gasteiger partial charge < -0.3 is 9.73 Å². The lowest BCUT2D eigenvalue weighted by Gasteiger charge is -2.11. The molecule has 0 radical (unpaired) electrons. The van der Waals surface area contributed by atoms with Gasteiger partial charge in [0.15, 0.2) is 0 Å². The standard InChI is InChI=1S/C19H18ClN3O2S/c1-11-5-4-6-14(8-11)18-22-23-19(25-18)26-10-16(24)21-17-13(3)7-12(2)9-15(17)20/h4-9H,10H2,1-3H3,(H,21,24). The molecule has 0 bridgehead atoms. The van der Waals surface area contributed by atoms with Crippen LogP contribution in [0.3, 0.4) is 0 Å². The summed E-state index contributed by atoms with van der Waals surface area (Å²) in [5.41, 5.74) is 4.58. The Bertz CT molecular complexity index is 932. The molecular weight excluding hydrogens is 370 g/mol. The van der Waals surface area contributed by atoms with Crippen LogP contribution in [0.2, 0.25) is 5.02 Å². The van der Waals surface area contributed by atoms with Crippen molar-refractivity contribution in [3.8, 4) is 11.5 Å². The van der Waals surface area contributed by atoms with Crippen LogP contribution in [0.5, 0.6) is 0 Å². The molecule has 5 nitrogen and oxygen atoms in total. The van der Waals surface area contributed by atoms with E-state index in [0.717, 1.165) is 22.3 Å². The highest BCUT2D eigenvalue weighted by Crippen LogP contribution is 2.28. The average Bonchev–Trinajstić information content (AvgIpc) is 3.05. The monoisotopic (exact) mass is 387 g/mol. The van der Waals surface area contributed by atoms with Crippen molar-refractivity contribution in [1.82, 2.24) is 10.2 Å². The molecule has 134 valence electrons. The van der Waals surface area contributed by atoms with E-state index in [1.54, 1.807) is 0 Å². The maximum atomic E-state index is 12.2. The van der Waals surface area contributed by atoms with Crippen molar-refractivity contribution in [2.75, 3.05) is 11.1 Å². The predicted octanol–water partition coefficient (Wildman–Crippen LogP) is 5.05. The fourth-order valence-corrected chi connectivity index (χ4v) is 3.47. The average molecular weight is 388 g/mol. The molecule has 0 saturated carbocycles. The zero-order valence-corrected chi connectivity index (χ0v) is 16.2. The van der Waals surface area contributed by atoms with Gasteiger partial charge in [0, 0.05) is 5.56 Å². The van der Waals surface area contributed by atoms with Crippen LogP contribution in [-0.4, -0.2) is 21.9 Å². The van der Waals surface area contributed by atoms with Crippen molar-refractivity contribution in [1.29, 1.82) is 0 Å². The molecule has 0 atom stereocenters. The normalized spacial score (nSPS) is 10.8. The van der Waals surface area contributed by atoms with E-state index < -0.39 is 0 Å². The Balaban J connectivity index is 1.62. The lowest BCUT2D eigenvalue weighted by molar-refractivity contribution is -0.113. The number of halogens is 1. The van der Waals surface area contributed by atoms with E-state index in [1.807, 2.05) is 57.2 Å². The molecule has 3 rings (SSSR count). The largest absolute Gasteiger partial charge is 0.411 e. The van der Waals surface area contributed by atoms with Gasteiger partial charge in [-0.05, 0) is 50.1 Å². The molecule has 1 amide bonds. The van der Waals surface area contributed by atoms with Gasteiger partial charge in [-0.3, -0.25) is 4.79 Å². The lowest BCUT2D eigenvalue weighted by atomic mass is 10.1. The van der Waals surface area contributed by atoms with Gasteiger partial charge in [-0.1, -0.05) is 47.1 Å². The molecular formula is C19H18ClN3O2S. The minimum atomic E-state index is -0.181. The molecule has 3 aromatic rings. The van der Waals surface area contributed by atoms with Gasteiger partial charge in [-0.15, -0.1) is 10.2 Å². The summed E-state index contributed by atoms with van der Waals surface area (Å²) < 4.78 is 5.62. The van der Waals surface area contributed by atoms with Crippen LogP contribution < -0.4 is 5.32 Å². The molecule has 0 saturated heterocycles. The first-order valence-corrected chi connectivity index (χ1v) is 9.38. The number of carbonyl (C=O) groups excluding carboxylic acids is 1. The topological polar surface area (TPSA) is 68.0 Å². The number of hydrogen-bond acceptors (Lipinski definition) is 5. The Hall–Kier alpha value is -2.31. The number of nitrogens with one attached hydrogen (secondary N) is 1. The van der Waals surface area contributed by atoms with E-state index >= 15 is 0 Å². The highest BCUT2D eigenvalue weighted by atomic mass is 35.5. The highest BCUT2D eigenvalue weighted by Gasteiger charge is 2.13. The summed E-state index contributed by atoms with van der Waals surface area (Å²) in [6.07, 6.45) is 0. The van der Waals surface area contributed by atoms with Gasteiger partial charge >= 0.3 is 0 Å². The van der Waals surface area contributed by atoms with E-state index in [9.17, 15) is 4.79 Å². The summed E-state index contributed by atoms with van der Waals surface area (Å²) in [4.78, 5) is 12.2. The smallest absolute Gasteiger partial charge is 0.277 e. The van der Waals surface area contributed by atoms with Gasteiger partial charge in [0.05, 0.1) is 16.5 Å². The number of nitrogens with zero attached hydrogens (tertiary/aromatic N) is 2. The Labute approximate surface area is 161 Å². The van der Waals surface area contributed by atoms with Crippen LogP contribution >= 0.6 is 23.4 Å². The number of aromatic nitrogens is 2. The first kappa shape index (κ1) is 18.5. The van der Waals surface area contributed by atoms with Gasteiger partial charge in [-0.2, -0.15) is 0 Å². The number of carbonyl (C=O) groups is 1. The molecule has 2 aromatic carbocycles. The second kappa shape index (κ2) is 7.93. The van der Waals surface area contributed by atoms with E-state index in [1.165, 1.54) is 11.8 Å². The molecule has 0 fully saturated rings. The summed E-state index contributed by atoms with van der Waals surface area (Å²) in [5, 5.41) is 11.7. The number of hydrogen-bond donors (Lipinski definition) is 1. The molecule has 7 heteroatoms. The van der Waals surface area contributed by atoms with Crippen LogP contribution in [0, 0.1) is 20.8 Å². The van der Waals surface area contributed by atoms with Crippen LogP contribution in [-0.2, 0) is 4.79 Å². The Morgan fingerprint density at radius 3 is 2.69 bits per heavy atom. The molecule has 26 heavy (non-hydrogen) atoms. The van der Waals surface area contributed by atoms with Crippen molar-refractivity contribution in [3.63, 3.8) is 0 Å². The van der Waals surface area contributed by atoms with E-state index in [2.05, 4.69) is 15.5 Å². The lowest BCUT2D eigenvalue weighted by Crippen LogP contribution is -2.15. The van der Waals surface area contributed by atoms with Crippen molar-refractivity contribution in [2.24, 2.45) is 0 Å². The zero-order chi connectivity index (χ0) is 18.7. The first-order valence-electron chi connectivity index (χ1n) is 8.02. The van der Waals surface area contributed by atoms with E-state index in [4.69, 9.17) is 16.0 Å². The molecule has 1 heterocycles. The van der Waals surface area contributed by atoms with Crippen LogP contribution in [0.1, 0.15) is 16.7 Å². The van der Waals surface area contributed by atoms with Crippen LogP contribution in [0.15, 0.2) is 46.0 Å². The summed E-state index contributed by atoms with van der Waals surface area (Å²) >= 11 is 7.40. The molecule has 0 aliphatic rings. The van der Waals surface area contributed by atoms with Gasteiger partial charge in [0.2, 0.25) is 11.8 Å². The highest BCUT2D eigenvalue weighted by molar-refractivity contribution is 7.99. The summed E-state index contributed by atoms with van der Waals surface area (Å²) in [6.45, 7) is 5.87. The second-order valence-electron chi connectivity index (χ2n) is 6.02. The van der Waals surface area contributed by atoms with Crippen molar-refractivity contribution >= 4 is 35.0 Å². The molecule has 0 aliphatic carbocycles. The summed E-state index contributed by atoms with van der Waals surface area (Å²) in [7, 11) is 0. The zero-order valence-electron chi connectivity index (χ0n) is 14.7. The first-order chi connectivity index (χ1) is 12.4. The van der Waals surface area contributed by atoms with E-state index in [-0.39, 0.29) is 11.7 Å². The fraction of sp³-hybridized carbons (Fsp3) is 0.211. The number of thioether (sulfide) groups is 1. The number of benzene rings is 2. The summed E-state index contributed by atoms with van der Waals surface area (Å²) in [6, 6.07) is 11.6. The molecule has 0 aliphatic heterocycles. The minimum absolute atomic E-state index is 0.152. The summed E-state index contributed by atoms with van der Waals surface area (Å²) in [5.74, 6) is 0.409. The Morgan fingerprint density at radius 2 is 1.96 bits per heavy atom. The van der Waals surface area contributed by atoms with E-state index in [0.29, 0.717) is 21.8 Å². The number of anilines is 1.